The van der Waals surface area contributed by atoms with E-state index in [4.69, 9.17) is 9.47 Å². The number of ether oxygens (including phenoxy) is 2. The second-order valence-electron chi connectivity index (χ2n) is 4.37. The van der Waals surface area contributed by atoms with E-state index in [1.54, 1.807) is 18.4 Å². The molecule has 4 heteroatoms. The highest BCUT2D eigenvalue weighted by atomic mass is 32.1. The lowest BCUT2D eigenvalue weighted by Crippen LogP contribution is -2.45. The standard InChI is InChI=1S/C13H18O3S/c1-15-13(5-7-16-8-6-13)12(14)3-2-11-4-9-17-10-11/h4,9-10H,2-3,5-8H2,1H3. The Hall–Kier alpha value is -0.710. The van der Waals surface area contributed by atoms with Crippen molar-refractivity contribution in [3.05, 3.63) is 22.4 Å². The first kappa shape index (κ1) is 12.7. The molecule has 1 saturated heterocycles. The summed E-state index contributed by atoms with van der Waals surface area (Å²) in [4.78, 5) is 12.3. The fourth-order valence-electron chi connectivity index (χ4n) is 2.22. The van der Waals surface area contributed by atoms with E-state index in [1.165, 1.54) is 5.56 Å². The molecule has 2 heterocycles. The van der Waals surface area contributed by atoms with Gasteiger partial charge in [0.05, 0.1) is 0 Å². The first-order valence-corrected chi connectivity index (χ1v) is 6.88. The number of aryl methyl sites for hydroxylation is 1. The third-order valence-electron chi connectivity index (χ3n) is 3.42. The lowest BCUT2D eigenvalue weighted by molar-refractivity contribution is -0.152. The van der Waals surface area contributed by atoms with Crippen LogP contribution in [-0.4, -0.2) is 31.7 Å². The smallest absolute Gasteiger partial charge is 0.165 e. The van der Waals surface area contributed by atoms with Gasteiger partial charge in [0, 0.05) is 39.6 Å². The fraction of sp³-hybridized carbons (Fsp3) is 0.615. The Morgan fingerprint density at radius 1 is 1.53 bits per heavy atom. The van der Waals surface area contributed by atoms with Crippen LogP contribution in [-0.2, 0) is 20.7 Å². The molecular formula is C13H18O3S. The Labute approximate surface area is 106 Å². The summed E-state index contributed by atoms with van der Waals surface area (Å²) in [5, 5.41) is 4.14. The van der Waals surface area contributed by atoms with Crippen molar-refractivity contribution in [1.82, 2.24) is 0 Å². The van der Waals surface area contributed by atoms with Gasteiger partial charge in [0.1, 0.15) is 5.60 Å². The second kappa shape index (κ2) is 5.76. The molecule has 17 heavy (non-hydrogen) atoms. The Bertz CT molecular complexity index is 353. The van der Waals surface area contributed by atoms with E-state index in [0.29, 0.717) is 32.5 Å². The van der Waals surface area contributed by atoms with Crippen LogP contribution in [0.1, 0.15) is 24.8 Å². The summed E-state index contributed by atoms with van der Waals surface area (Å²) in [6, 6.07) is 2.07. The predicted molar refractivity (Wildman–Crippen MR) is 67.4 cm³/mol. The molecule has 0 atom stereocenters. The number of methoxy groups -OCH3 is 1. The fourth-order valence-corrected chi connectivity index (χ4v) is 2.92. The van der Waals surface area contributed by atoms with Gasteiger partial charge in [-0.3, -0.25) is 4.79 Å². The van der Waals surface area contributed by atoms with Gasteiger partial charge >= 0.3 is 0 Å². The predicted octanol–water partition coefficient (Wildman–Crippen LogP) is 2.45. The lowest BCUT2D eigenvalue weighted by atomic mass is 9.86. The van der Waals surface area contributed by atoms with E-state index in [1.807, 2.05) is 5.38 Å². The molecule has 2 rings (SSSR count). The highest BCUT2D eigenvalue weighted by Gasteiger charge is 2.39. The maximum absolute atomic E-state index is 12.3. The van der Waals surface area contributed by atoms with Gasteiger partial charge in [-0.05, 0) is 28.8 Å². The van der Waals surface area contributed by atoms with E-state index < -0.39 is 5.60 Å². The minimum absolute atomic E-state index is 0.217. The number of thiophene rings is 1. The van der Waals surface area contributed by atoms with Crippen LogP contribution >= 0.6 is 11.3 Å². The molecule has 0 radical (unpaired) electrons. The summed E-state index contributed by atoms with van der Waals surface area (Å²) >= 11 is 1.67. The third kappa shape index (κ3) is 2.94. The topological polar surface area (TPSA) is 35.5 Å². The van der Waals surface area contributed by atoms with Crippen LogP contribution in [0.5, 0.6) is 0 Å². The van der Waals surface area contributed by atoms with Crippen molar-refractivity contribution in [3.8, 4) is 0 Å². The molecule has 0 amide bonds. The molecule has 94 valence electrons. The zero-order chi connectivity index (χ0) is 12.1. The first-order chi connectivity index (χ1) is 8.27. The molecule has 0 N–H and O–H groups in total. The molecule has 1 aromatic rings. The van der Waals surface area contributed by atoms with Gasteiger partial charge in [0.25, 0.3) is 0 Å². The van der Waals surface area contributed by atoms with E-state index >= 15 is 0 Å². The van der Waals surface area contributed by atoms with Crippen molar-refractivity contribution >= 4 is 17.1 Å². The van der Waals surface area contributed by atoms with Gasteiger partial charge in [0.15, 0.2) is 5.78 Å². The molecule has 0 unspecified atom stereocenters. The SMILES string of the molecule is COC1(C(=O)CCc2ccsc2)CCOCC1. The van der Waals surface area contributed by atoms with E-state index in [0.717, 1.165) is 6.42 Å². The number of hydrogen-bond acceptors (Lipinski definition) is 4. The van der Waals surface area contributed by atoms with Gasteiger partial charge < -0.3 is 9.47 Å². The molecule has 0 aliphatic carbocycles. The van der Waals surface area contributed by atoms with Crippen LogP contribution < -0.4 is 0 Å². The van der Waals surface area contributed by atoms with Crippen LogP contribution in [0.4, 0.5) is 0 Å². The van der Waals surface area contributed by atoms with E-state index in [9.17, 15) is 4.79 Å². The normalized spacial score (nSPS) is 19.1. The number of carbonyl (C=O) groups excluding carboxylic acids is 1. The molecule has 0 bridgehead atoms. The van der Waals surface area contributed by atoms with Crippen molar-refractivity contribution in [2.24, 2.45) is 0 Å². The molecule has 0 aromatic carbocycles. The summed E-state index contributed by atoms with van der Waals surface area (Å²) in [7, 11) is 1.63. The van der Waals surface area contributed by atoms with Crippen molar-refractivity contribution < 1.29 is 14.3 Å². The lowest BCUT2D eigenvalue weighted by Gasteiger charge is -2.34. The average molecular weight is 254 g/mol. The number of Topliss-reactive ketones (excluding diaryl/α,β-unsaturated/α-hetero) is 1. The van der Waals surface area contributed by atoms with Crippen molar-refractivity contribution in [1.29, 1.82) is 0 Å². The van der Waals surface area contributed by atoms with Gasteiger partial charge in [-0.25, -0.2) is 0 Å². The molecule has 1 fully saturated rings. The number of rotatable bonds is 5. The monoisotopic (exact) mass is 254 g/mol. The van der Waals surface area contributed by atoms with Crippen LogP contribution in [0.25, 0.3) is 0 Å². The van der Waals surface area contributed by atoms with Crippen LogP contribution in [0, 0.1) is 0 Å². The largest absolute Gasteiger partial charge is 0.381 e. The summed E-state index contributed by atoms with van der Waals surface area (Å²) < 4.78 is 10.8. The number of hydrogen-bond donors (Lipinski definition) is 0. The highest BCUT2D eigenvalue weighted by molar-refractivity contribution is 7.07. The van der Waals surface area contributed by atoms with Gasteiger partial charge in [-0.15, -0.1) is 0 Å². The van der Waals surface area contributed by atoms with Gasteiger partial charge in [0.2, 0.25) is 0 Å². The highest BCUT2D eigenvalue weighted by Crippen LogP contribution is 2.27. The summed E-state index contributed by atoms with van der Waals surface area (Å²) in [5.74, 6) is 0.217. The Morgan fingerprint density at radius 2 is 2.29 bits per heavy atom. The van der Waals surface area contributed by atoms with Gasteiger partial charge in [-0.2, -0.15) is 11.3 Å². The number of ketones is 1. The Morgan fingerprint density at radius 3 is 2.88 bits per heavy atom. The van der Waals surface area contributed by atoms with Crippen LogP contribution in [0.3, 0.4) is 0 Å². The van der Waals surface area contributed by atoms with Crippen molar-refractivity contribution in [2.45, 2.75) is 31.3 Å². The third-order valence-corrected chi connectivity index (χ3v) is 4.15. The zero-order valence-electron chi connectivity index (χ0n) is 10.1. The van der Waals surface area contributed by atoms with Crippen molar-refractivity contribution in [3.63, 3.8) is 0 Å². The minimum Gasteiger partial charge on any atom is -0.381 e. The molecular weight excluding hydrogens is 236 g/mol. The Kier molecular flexibility index (Phi) is 4.31. The maximum Gasteiger partial charge on any atom is 0.165 e. The molecule has 1 aromatic heterocycles. The molecule has 3 nitrogen and oxygen atoms in total. The molecule has 0 saturated carbocycles. The number of carbonyl (C=O) groups is 1. The van der Waals surface area contributed by atoms with Crippen LogP contribution in [0.15, 0.2) is 16.8 Å². The Balaban J connectivity index is 1.93. The summed E-state index contributed by atoms with van der Waals surface area (Å²) in [5.41, 5.74) is 0.649. The average Bonchev–Trinajstić information content (AvgIpc) is 2.90. The molecule has 1 aliphatic rings. The van der Waals surface area contributed by atoms with Crippen molar-refractivity contribution in [2.75, 3.05) is 20.3 Å². The summed E-state index contributed by atoms with van der Waals surface area (Å²) in [6.07, 6.45) is 2.75. The van der Waals surface area contributed by atoms with Gasteiger partial charge in [-0.1, -0.05) is 0 Å². The summed E-state index contributed by atoms with van der Waals surface area (Å²) in [6.45, 7) is 1.25. The van der Waals surface area contributed by atoms with Crippen LogP contribution in [0.2, 0.25) is 0 Å². The minimum atomic E-state index is -0.589. The quantitative estimate of drug-likeness (QED) is 0.809. The molecule has 1 aliphatic heterocycles. The van der Waals surface area contributed by atoms with E-state index in [-0.39, 0.29) is 5.78 Å². The molecule has 0 spiro atoms. The maximum atomic E-state index is 12.3. The zero-order valence-corrected chi connectivity index (χ0v) is 10.9. The second-order valence-corrected chi connectivity index (χ2v) is 5.15. The van der Waals surface area contributed by atoms with E-state index in [2.05, 4.69) is 11.4 Å². The first-order valence-electron chi connectivity index (χ1n) is 5.94.